The molecule has 7 nitrogen and oxygen atoms in total. The van der Waals surface area contributed by atoms with E-state index < -0.39 is 0 Å². The van der Waals surface area contributed by atoms with Crippen LogP contribution in [0.3, 0.4) is 0 Å². The molecule has 0 amide bonds. The molecule has 2 aliphatic heterocycles. The number of nitrogens with zero attached hydrogens (tertiary/aromatic N) is 5. The summed E-state index contributed by atoms with van der Waals surface area (Å²) in [7, 11) is 0. The summed E-state index contributed by atoms with van der Waals surface area (Å²) >= 11 is 0. The lowest BCUT2D eigenvalue weighted by atomic mass is 9.86. The van der Waals surface area contributed by atoms with Gasteiger partial charge in [0.2, 0.25) is 0 Å². The van der Waals surface area contributed by atoms with E-state index in [1.807, 2.05) is 18.2 Å². The minimum atomic E-state index is -0.373. The van der Waals surface area contributed by atoms with E-state index in [1.54, 1.807) is 24.4 Å². The van der Waals surface area contributed by atoms with Crippen LogP contribution in [0.1, 0.15) is 48.3 Å². The predicted octanol–water partition coefficient (Wildman–Crippen LogP) is 6.65. The normalized spacial score (nSPS) is 20.1. The molecule has 3 fully saturated rings. The number of aromatic nitrogens is 2. The van der Waals surface area contributed by atoms with E-state index in [2.05, 4.69) is 25.8 Å². The fraction of sp³-hybridized carbons (Fsp3) is 0.324. The van der Waals surface area contributed by atoms with Crippen molar-refractivity contribution in [2.24, 2.45) is 5.41 Å². The fourth-order valence-electron chi connectivity index (χ4n) is 6.69. The zero-order valence-electron chi connectivity index (χ0n) is 23.8. The van der Waals surface area contributed by atoms with Crippen LogP contribution < -0.4 is 15.4 Å². The molecule has 3 aromatic carbocycles. The van der Waals surface area contributed by atoms with Gasteiger partial charge in [0.1, 0.15) is 23.7 Å². The number of anilines is 2. The zero-order chi connectivity index (χ0) is 29.6. The van der Waals surface area contributed by atoms with Crippen LogP contribution in [0, 0.1) is 28.4 Å². The first kappa shape index (κ1) is 27.3. The molecule has 0 bridgehead atoms. The smallest absolute Gasteiger partial charge is 0.188 e. The first-order valence-electron chi connectivity index (χ1n) is 14.7. The lowest BCUT2D eigenvalue weighted by molar-refractivity contribution is 0.270. The summed E-state index contributed by atoms with van der Waals surface area (Å²) in [6, 6.07) is 17.4. The van der Waals surface area contributed by atoms with Crippen molar-refractivity contribution in [1.82, 2.24) is 14.9 Å². The quantitative estimate of drug-likeness (QED) is 0.246. The van der Waals surface area contributed by atoms with E-state index in [0.29, 0.717) is 40.9 Å². The van der Waals surface area contributed by atoms with Crippen LogP contribution in [0.15, 0.2) is 67.1 Å². The summed E-state index contributed by atoms with van der Waals surface area (Å²) < 4.78 is 35.1. The average Bonchev–Trinajstić information content (AvgIpc) is 3.68. The second-order valence-electron chi connectivity index (χ2n) is 12.1. The van der Waals surface area contributed by atoms with Crippen molar-refractivity contribution in [3.63, 3.8) is 0 Å². The predicted molar refractivity (Wildman–Crippen MR) is 161 cm³/mol. The van der Waals surface area contributed by atoms with Gasteiger partial charge in [0.05, 0.1) is 23.5 Å². The van der Waals surface area contributed by atoms with Gasteiger partial charge in [0.15, 0.2) is 11.6 Å². The number of rotatable bonds is 7. The Morgan fingerprint density at radius 2 is 1.84 bits per heavy atom. The summed E-state index contributed by atoms with van der Waals surface area (Å²) in [6.07, 6.45) is 7.36. The molecule has 3 aliphatic rings. The van der Waals surface area contributed by atoms with E-state index >= 15 is 0 Å². The monoisotopic (exact) mass is 578 g/mol. The number of ether oxygens (including phenoxy) is 1. The molecule has 2 N–H and O–H groups in total. The highest BCUT2D eigenvalue weighted by Crippen LogP contribution is 2.48. The second kappa shape index (κ2) is 10.9. The molecule has 7 rings (SSSR count). The van der Waals surface area contributed by atoms with Crippen LogP contribution in [-0.2, 0) is 6.54 Å². The van der Waals surface area contributed by atoms with Gasteiger partial charge in [-0.1, -0.05) is 12.1 Å². The largest absolute Gasteiger partial charge is 0.451 e. The van der Waals surface area contributed by atoms with Crippen LogP contribution in [0.2, 0.25) is 0 Å². The Hall–Kier alpha value is -4.55. The molecule has 9 heteroatoms. The molecular formula is C34H32F2N6O. The topological polar surface area (TPSA) is 91.3 Å². The van der Waals surface area contributed by atoms with Gasteiger partial charge in [0.25, 0.3) is 0 Å². The number of nitrogens with two attached hydrogens (primary N) is 1. The molecule has 4 aromatic rings. The van der Waals surface area contributed by atoms with Crippen molar-refractivity contribution < 1.29 is 13.5 Å². The van der Waals surface area contributed by atoms with Crippen LogP contribution in [0.4, 0.5) is 20.3 Å². The highest BCUT2D eigenvalue weighted by atomic mass is 19.1. The maximum atomic E-state index is 14.6. The molecule has 43 heavy (non-hydrogen) atoms. The number of halogens is 2. The Balaban J connectivity index is 1.12. The van der Waals surface area contributed by atoms with Crippen molar-refractivity contribution in [1.29, 1.82) is 5.26 Å². The van der Waals surface area contributed by atoms with Crippen molar-refractivity contribution in [3.8, 4) is 28.7 Å². The molecule has 1 aliphatic carbocycles. The highest BCUT2D eigenvalue weighted by molar-refractivity contribution is 5.76. The number of likely N-dealkylation sites (tertiary alicyclic amines) is 1. The van der Waals surface area contributed by atoms with Gasteiger partial charge in [0, 0.05) is 37.2 Å². The second-order valence-corrected chi connectivity index (χ2v) is 12.1. The first-order valence-corrected chi connectivity index (χ1v) is 14.7. The van der Waals surface area contributed by atoms with Gasteiger partial charge in [-0.3, -0.25) is 4.90 Å². The Morgan fingerprint density at radius 3 is 2.65 bits per heavy atom. The van der Waals surface area contributed by atoms with Gasteiger partial charge < -0.3 is 15.4 Å². The Morgan fingerprint density at radius 1 is 0.977 bits per heavy atom. The third-order valence-electron chi connectivity index (χ3n) is 9.03. The molecule has 2 saturated heterocycles. The van der Waals surface area contributed by atoms with E-state index in [4.69, 9.17) is 10.5 Å². The Kier molecular flexibility index (Phi) is 6.94. The lowest BCUT2D eigenvalue weighted by Gasteiger charge is -2.26. The van der Waals surface area contributed by atoms with Crippen LogP contribution in [-0.4, -0.2) is 41.0 Å². The molecule has 1 saturated carbocycles. The van der Waals surface area contributed by atoms with Gasteiger partial charge in [-0.25, -0.2) is 18.7 Å². The molecule has 1 aromatic heterocycles. The van der Waals surface area contributed by atoms with Gasteiger partial charge >= 0.3 is 0 Å². The summed E-state index contributed by atoms with van der Waals surface area (Å²) in [5.74, 6) is 1.38. The maximum absolute atomic E-state index is 14.6. The third kappa shape index (κ3) is 5.51. The molecule has 1 unspecified atom stereocenters. The van der Waals surface area contributed by atoms with Crippen molar-refractivity contribution in [3.05, 3.63) is 95.4 Å². The molecule has 1 spiro atoms. The minimum absolute atomic E-state index is 0.108. The Labute approximate surface area is 249 Å². The average molecular weight is 579 g/mol. The number of nitriles is 1. The number of nitrogen functional groups attached to an aromatic ring is 1. The van der Waals surface area contributed by atoms with Crippen molar-refractivity contribution in [2.75, 3.05) is 36.8 Å². The number of hydrogen-bond acceptors (Lipinski definition) is 7. The van der Waals surface area contributed by atoms with E-state index in [9.17, 15) is 14.0 Å². The Bertz CT molecular complexity index is 1730. The van der Waals surface area contributed by atoms with Crippen LogP contribution in [0.25, 0.3) is 11.1 Å². The molecule has 1 atom stereocenters. The van der Waals surface area contributed by atoms with Gasteiger partial charge in [-0.05, 0) is 97.3 Å². The summed E-state index contributed by atoms with van der Waals surface area (Å²) in [5, 5.41) is 9.46. The highest BCUT2D eigenvalue weighted by Gasteiger charge is 2.44. The molecule has 3 heterocycles. The van der Waals surface area contributed by atoms with E-state index in [1.165, 1.54) is 24.5 Å². The third-order valence-corrected chi connectivity index (χ3v) is 9.03. The molecular weight excluding hydrogens is 546 g/mol. The standard InChI is InChI=1S/C34H32F2N6O/c35-25-5-8-31(28(15-25)26-6-1-22(16-37)13-27(26)24-3-4-24)43-32-17-39-21-40-33(32)42-12-10-34(20-42)9-11-41(19-34)18-23-2-7-30(38)29(36)14-23/h1-2,5-8,13-15,17,21,24H,3-4,9-12,18-20,38H2. The van der Waals surface area contributed by atoms with Gasteiger partial charge in [-0.15, -0.1) is 0 Å². The van der Waals surface area contributed by atoms with E-state index in [0.717, 1.165) is 68.6 Å². The molecule has 218 valence electrons. The SMILES string of the molecule is N#Cc1ccc(-c2cc(F)ccc2Oc2cncnc2N2CCC3(CCN(Cc4ccc(N)c(F)c4)C3)C2)c(C2CC2)c1. The fourth-order valence-corrected chi connectivity index (χ4v) is 6.69. The first-order chi connectivity index (χ1) is 20.9. The van der Waals surface area contributed by atoms with E-state index in [-0.39, 0.29) is 22.7 Å². The summed E-state index contributed by atoms with van der Waals surface area (Å²) in [4.78, 5) is 13.5. The van der Waals surface area contributed by atoms with Crippen LogP contribution in [0.5, 0.6) is 11.5 Å². The lowest BCUT2D eigenvalue weighted by Crippen LogP contribution is -2.31. The number of benzene rings is 3. The maximum Gasteiger partial charge on any atom is 0.188 e. The number of hydrogen-bond donors (Lipinski definition) is 1. The summed E-state index contributed by atoms with van der Waals surface area (Å²) in [6.45, 7) is 4.20. The van der Waals surface area contributed by atoms with Crippen LogP contribution >= 0.6 is 0 Å². The van der Waals surface area contributed by atoms with Crippen molar-refractivity contribution >= 4 is 11.5 Å². The summed E-state index contributed by atoms with van der Waals surface area (Å²) in [5.41, 5.74) is 10.0. The van der Waals surface area contributed by atoms with Crippen molar-refractivity contribution in [2.45, 2.75) is 38.1 Å². The minimum Gasteiger partial charge on any atom is -0.451 e. The zero-order valence-corrected chi connectivity index (χ0v) is 23.8. The molecule has 0 radical (unpaired) electrons. The van der Waals surface area contributed by atoms with Gasteiger partial charge in [-0.2, -0.15) is 5.26 Å².